The van der Waals surface area contributed by atoms with Crippen LogP contribution in [0.3, 0.4) is 0 Å². The lowest BCUT2D eigenvalue weighted by atomic mass is 10.2. The van der Waals surface area contributed by atoms with Gasteiger partial charge in [0.2, 0.25) is 10.0 Å². The Balaban J connectivity index is 1.55. The second kappa shape index (κ2) is 9.78. The molecule has 9 heteroatoms. The number of carbonyl (C=O) groups is 1. The normalized spacial score (nSPS) is 16.1. The number of hydrogen-bond donors (Lipinski definition) is 1. The molecule has 2 aromatic rings. The second-order valence-electron chi connectivity index (χ2n) is 7.05. The zero-order chi connectivity index (χ0) is 21.7. The van der Waals surface area contributed by atoms with E-state index in [1.807, 2.05) is 6.92 Å². The SMILES string of the molecule is Cc1cc(OC(C)C(=O)NCc2ccc(S(=O)(=O)N3CCOCC3)cc2)ccc1Cl. The van der Waals surface area contributed by atoms with E-state index in [2.05, 4.69) is 5.32 Å². The molecular formula is C21H25ClN2O5S. The highest BCUT2D eigenvalue weighted by molar-refractivity contribution is 7.89. The van der Waals surface area contributed by atoms with Crippen LogP contribution in [0, 0.1) is 6.92 Å². The van der Waals surface area contributed by atoms with E-state index in [1.165, 1.54) is 4.31 Å². The van der Waals surface area contributed by atoms with Crippen molar-refractivity contribution in [2.24, 2.45) is 0 Å². The average molecular weight is 453 g/mol. The summed E-state index contributed by atoms with van der Waals surface area (Å²) in [5.41, 5.74) is 1.66. The van der Waals surface area contributed by atoms with Crippen molar-refractivity contribution in [3.63, 3.8) is 0 Å². The molecule has 1 N–H and O–H groups in total. The van der Waals surface area contributed by atoms with Crippen molar-refractivity contribution >= 4 is 27.5 Å². The zero-order valence-electron chi connectivity index (χ0n) is 16.9. The third-order valence-electron chi connectivity index (χ3n) is 4.81. The van der Waals surface area contributed by atoms with Gasteiger partial charge in [0, 0.05) is 24.7 Å². The van der Waals surface area contributed by atoms with Crippen molar-refractivity contribution in [2.75, 3.05) is 26.3 Å². The first-order valence-corrected chi connectivity index (χ1v) is 11.5. The number of rotatable bonds is 7. The Kier molecular flexibility index (Phi) is 7.36. The summed E-state index contributed by atoms with van der Waals surface area (Å²) in [7, 11) is -3.53. The van der Waals surface area contributed by atoms with E-state index in [9.17, 15) is 13.2 Å². The van der Waals surface area contributed by atoms with Gasteiger partial charge >= 0.3 is 0 Å². The Labute approximate surface area is 182 Å². The number of aryl methyl sites for hydroxylation is 1. The molecule has 1 atom stereocenters. The van der Waals surface area contributed by atoms with Crippen LogP contribution in [-0.4, -0.2) is 51.0 Å². The first-order valence-electron chi connectivity index (χ1n) is 9.65. The van der Waals surface area contributed by atoms with E-state index in [4.69, 9.17) is 21.1 Å². The predicted octanol–water partition coefficient (Wildman–Crippen LogP) is 2.75. The van der Waals surface area contributed by atoms with Gasteiger partial charge in [0.15, 0.2) is 6.10 Å². The number of sulfonamides is 1. The van der Waals surface area contributed by atoms with Crippen molar-refractivity contribution in [3.05, 3.63) is 58.6 Å². The molecule has 0 aliphatic carbocycles. The van der Waals surface area contributed by atoms with Crippen molar-refractivity contribution in [1.29, 1.82) is 0 Å². The molecular weight excluding hydrogens is 428 g/mol. The quantitative estimate of drug-likeness (QED) is 0.698. The van der Waals surface area contributed by atoms with Crippen LogP contribution in [0.1, 0.15) is 18.1 Å². The summed E-state index contributed by atoms with van der Waals surface area (Å²) in [6.45, 7) is 5.30. The molecule has 1 aliphatic rings. The van der Waals surface area contributed by atoms with Gasteiger partial charge in [-0.2, -0.15) is 4.31 Å². The van der Waals surface area contributed by atoms with Gasteiger partial charge in [-0.05, 0) is 55.3 Å². The largest absolute Gasteiger partial charge is 0.481 e. The highest BCUT2D eigenvalue weighted by Gasteiger charge is 2.26. The lowest BCUT2D eigenvalue weighted by molar-refractivity contribution is -0.127. The molecule has 0 saturated carbocycles. The van der Waals surface area contributed by atoms with Gasteiger partial charge in [-0.25, -0.2) is 8.42 Å². The fraction of sp³-hybridized carbons (Fsp3) is 0.381. The Morgan fingerprint density at radius 1 is 1.20 bits per heavy atom. The molecule has 1 fully saturated rings. The van der Waals surface area contributed by atoms with Gasteiger partial charge in [-0.1, -0.05) is 23.7 Å². The van der Waals surface area contributed by atoms with Crippen LogP contribution in [0.2, 0.25) is 5.02 Å². The Morgan fingerprint density at radius 3 is 2.50 bits per heavy atom. The molecule has 0 spiro atoms. The summed E-state index contributed by atoms with van der Waals surface area (Å²) in [6.07, 6.45) is -0.688. The first-order chi connectivity index (χ1) is 14.3. The molecule has 1 amide bonds. The summed E-state index contributed by atoms with van der Waals surface area (Å²) < 4.78 is 37.6. The van der Waals surface area contributed by atoms with Crippen LogP contribution in [0.4, 0.5) is 0 Å². The fourth-order valence-corrected chi connectivity index (χ4v) is 4.52. The first kappa shape index (κ1) is 22.6. The molecule has 0 bridgehead atoms. The number of ether oxygens (including phenoxy) is 2. The minimum Gasteiger partial charge on any atom is -0.481 e. The van der Waals surface area contributed by atoms with Gasteiger partial charge in [0.25, 0.3) is 5.91 Å². The maximum absolute atomic E-state index is 12.6. The molecule has 1 heterocycles. The molecule has 3 rings (SSSR count). The van der Waals surface area contributed by atoms with Crippen molar-refractivity contribution < 1.29 is 22.7 Å². The van der Waals surface area contributed by atoms with Crippen LogP contribution in [0.15, 0.2) is 47.4 Å². The van der Waals surface area contributed by atoms with E-state index in [0.29, 0.717) is 37.1 Å². The van der Waals surface area contributed by atoms with E-state index < -0.39 is 16.1 Å². The van der Waals surface area contributed by atoms with Crippen LogP contribution in [0.25, 0.3) is 0 Å². The molecule has 1 saturated heterocycles. The number of nitrogens with one attached hydrogen (secondary N) is 1. The van der Waals surface area contributed by atoms with Crippen molar-refractivity contribution in [3.8, 4) is 5.75 Å². The zero-order valence-corrected chi connectivity index (χ0v) is 18.5. The summed E-state index contributed by atoms with van der Waals surface area (Å²) in [6, 6.07) is 11.7. The topological polar surface area (TPSA) is 84.9 Å². The van der Waals surface area contributed by atoms with Gasteiger partial charge in [-0.15, -0.1) is 0 Å². The maximum atomic E-state index is 12.6. The highest BCUT2D eigenvalue weighted by Crippen LogP contribution is 2.22. The average Bonchev–Trinajstić information content (AvgIpc) is 2.75. The molecule has 7 nitrogen and oxygen atoms in total. The number of halogens is 1. The van der Waals surface area contributed by atoms with Gasteiger partial charge in [-0.3, -0.25) is 4.79 Å². The van der Waals surface area contributed by atoms with Crippen LogP contribution < -0.4 is 10.1 Å². The van der Waals surface area contributed by atoms with E-state index in [0.717, 1.165) is 11.1 Å². The number of hydrogen-bond acceptors (Lipinski definition) is 5. The number of carbonyl (C=O) groups excluding carboxylic acids is 1. The third kappa shape index (κ3) is 5.51. The molecule has 0 aromatic heterocycles. The standard InChI is InChI=1S/C21H25ClN2O5S/c1-15-13-18(5-8-20(15)22)29-16(2)21(25)23-14-17-3-6-19(7-4-17)30(26,27)24-9-11-28-12-10-24/h3-8,13,16H,9-12,14H2,1-2H3,(H,23,25). The maximum Gasteiger partial charge on any atom is 0.261 e. The number of morpholine rings is 1. The monoisotopic (exact) mass is 452 g/mol. The summed E-state index contributed by atoms with van der Waals surface area (Å²) >= 11 is 6.00. The Morgan fingerprint density at radius 2 is 1.87 bits per heavy atom. The van der Waals surface area contributed by atoms with Gasteiger partial charge in [0.05, 0.1) is 18.1 Å². The van der Waals surface area contributed by atoms with Crippen LogP contribution >= 0.6 is 11.6 Å². The van der Waals surface area contributed by atoms with Gasteiger partial charge < -0.3 is 14.8 Å². The molecule has 1 aliphatic heterocycles. The molecule has 0 radical (unpaired) electrons. The minimum absolute atomic E-state index is 0.231. The molecule has 30 heavy (non-hydrogen) atoms. The van der Waals surface area contributed by atoms with E-state index >= 15 is 0 Å². The molecule has 1 unspecified atom stereocenters. The Bertz CT molecular complexity index is 989. The second-order valence-corrected chi connectivity index (χ2v) is 9.39. The predicted molar refractivity (Wildman–Crippen MR) is 114 cm³/mol. The van der Waals surface area contributed by atoms with E-state index in [-0.39, 0.29) is 17.3 Å². The van der Waals surface area contributed by atoms with Crippen LogP contribution in [0.5, 0.6) is 5.75 Å². The summed E-state index contributed by atoms with van der Waals surface area (Å²) in [5, 5.41) is 3.44. The van der Waals surface area contributed by atoms with Crippen molar-refractivity contribution in [2.45, 2.75) is 31.4 Å². The summed E-state index contributed by atoms with van der Waals surface area (Å²) in [4.78, 5) is 12.6. The minimum atomic E-state index is -3.53. The molecule has 162 valence electrons. The number of amides is 1. The molecule has 2 aromatic carbocycles. The lowest BCUT2D eigenvalue weighted by Gasteiger charge is -2.26. The fourth-order valence-electron chi connectivity index (χ4n) is 3.00. The number of nitrogens with zero attached hydrogens (tertiary/aromatic N) is 1. The third-order valence-corrected chi connectivity index (χ3v) is 7.15. The Hall–Kier alpha value is -2.13. The lowest BCUT2D eigenvalue weighted by Crippen LogP contribution is -2.40. The smallest absolute Gasteiger partial charge is 0.261 e. The van der Waals surface area contributed by atoms with E-state index in [1.54, 1.807) is 49.4 Å². The van der Waals surface area contributed by atoms with Gasteiger partial charge in [0.1, 0.15) is 5.75 Å². The number of benzene rings is 2. The van der Waals surface area contributed by atoms with Crippen LogP contribution in [-0.2, 0) is 26.1 Å². The highest BCUT2D eigenvalue weighted by atomic mass is 35.5. The van der Waals surface area contributed by atoms with Crippen molar-refractivity contribution in [1.82, 2.24) is 9.62 Å². The summed E-state index contributed by atoms with van der Waals surface area (Å²) in [5.74, 6) is 0.296.